The lowest BCUT2D eigenvalue weighted by Crippen LogP contribution is -2.47. The molecule has 3 heterocycles. The molecule has 2 N–H and O–H groups in total. The number of aryl methyl sites for hydroxylation is 2. The van der Waals surface area contributed by atoms with E-state index in [0.717, 1.165) is 69.5 Å². The van der Waals surface area contributed by atoms with Crippen molar-refractivity contribution in [1.82, 2.24) is 30.0 Å². The number of rotatable bonds is 9. The highest BCUT2D eigenvalue weighted by Crippen LogP contribution is 2.13. The minimum absolute atomic E-state index is 0.0458. The SMILES string of the molecule is CCNC(=NCCCCn1ccccc1=O)NC1CCc2nc(COC)nn2C1. The third-order valence-corrected chi connectivity index (χ3v) is 4.84. The molecule has 2 aromatic rings. The van der Waals surface area contributed by atoms with Gasteiger partial charge in [0.25, 0.3) is 0 Å². The van der Waals surface area contributed by atoms with Crippen LogP contribution in [0, 0.1) is 0 Å². The third kappa shape index (κ3) is 6.15. The Morgan fingerprint density at radius 2 is 2.28 bits per heavy atom. The van der Waals surface area contributed by atoms with Gasteiger partial charge in [0.05, 0.1) is 6.54 Å². The average Bonchev–Trinajstić information content (AvgIpc) is 3.11. The van der Waals surface area contributed by atoms with E-state index >= 15 is 0 Å². The molecule has 3 rings (SSSR count). The Hall–Kier alpha value is -2.68. The van der Waals surface area contributed by atoms with Crippen molar-refractivity contribution in [3.05, 3.63) is 46.4 Å². The molecule has 9 heteroatoms. The van der Waals surface area contributed by atoms with Crippen LogP contribution in [0.4, 0.5) is 0 Å². The van der Waals surface area contributed by atoms with E-state index in [0.29, 0.717) is 6.61 Å². The van der Waals surface area contributed by atoms with Gasteiger partial charge in [0.1, 0.15) is 12.4 Å². The number of ether oxygens (including phenoxy) is 1. The third-order valence-electron chi connectivity index (χ3n) is 4.84. The van der Waals surface area contributed by atoms with Crippen molar-refractivity contribution in [1.29, 1.82) is 0 Å². The van der Waals surface area contributed by atoms with E-state index in [9.17, 15) is 4.79 Å². The summed E-state index contributed by atoms with van der Waals surface area (Å²) in [5.41, 5.74) is 0.0458. The fraction of sp³-hybridized carbons (Fsp3) is 0.600. The van der Waals surface area contributed by atoms with Gasteiger partial charge in [-0.15, -0.1) is 0 Å². The molecule has 0 saturated carbocycles. The number of fused-ring (bicyclic) bond motifs is 1. The smallest absolute Gasteiger partial charge is 0.250 e. The van der Waals surface area contributed by atoms with E-state index in [1.807, 2.05) is 16.9 Å². The summed E-state index contributed by atoms with van der Waals surface area (Å²) < 4.78 is 8.83. The number of methoxy groups -OCH3 is 1. The summed E-state index contributed by atoms with van der Waals surface area (Å²) in [6.07, 6.45) is 5.56. The normalized spacial score (nSPS) is 16.5. The summed E-state index contributed by atoms with van der Waals surface area (Å²) in [7, 11) is 1.65. The van der Waals surface area contributed by atoms with Gasteiger partial charge < -0.3 is 19.9 Å². The van der Waals surface area contributed by atoms with Gasteiger partial charge >= 0.3 is 0 Å². The standard InChI is InChI=1S/C20H31N7O2/c1-3-21-20(22-11-5-7-13-26-12-6-4-8-19(26)28)23-16-9-10-18-24-17(15-29-2)25-27(18)14-16/h4,6,8,12,16H,3,5,7,9-11,13-15H2,1-2H3,(H2,21,22,23). The number of nitrogens with one attached hydrogen (secondary N) is 2. The van der Waals surface area contributed by atoms with E-state index in [-0.39, 0.29) is 11.6 Å². The number of hydrogen-bond donors (Lipinski definition) is 2. The van der Waals surface area contributed by atoms with Crippen molar-refractivity contribution in [3.63, 3.8) is 0 Å². The van der Waals surface area contributed by atoms with E-state index in [1.54, 1.807) is 23.8 Å². The van der Waals surface area contributed by atoms with Crippen LogP contribution in [0.1, 0.15) is 37.8 Å². The molecular weight excluding hydrogens is 370 g/mol. The van der Waals surface area contributed by atoms with E-state index in [1.165, 1.54) is 0 Å². The van der Waals surface area contributed by atoms with Gasteiger partial charge in [0.15, 0.2) is 11.8 Å². The molecule has 29 heavy (non-hydrogen) atoms. The second-order valence-electron chi connectivity index (χ2n) is 7.14. The van der Waals surface area contributed by atoms with Crippen LogP contribution in [0.2, 0.25) is 0 Å². The predicted molar refractivity (Wildman–Crippen MR) is 112 cm³/mol. The van der Waals surface area contributed by atoms with Crippen molar-refractivity contribution >= 4 is 5.96 Å². The van der Waals surface area contributed by atoms with Gasteiger partial charge in [0.2, 0.25) is 5.56 Å². The van der Waals surface area contributed by atoms with Gasteiger partial charge in [-0.25, -0.2) is 9.67 Å². The molecule has 1 atom stereocenters. The van der Waals surface area contributed by atoms with Crippen LogP contribution in [-0.4, -0.2) is 51.5 Å². The molecule has 0 fully saturated rings. The fourth-order valence-electron chi connectivity index (χ4n) is 3.41. The van der Waals surface area contributed by atoms with Crippen molar-refractivity contribution in [3.8, 4) is 0 Å². The maximum atomic E-state index is 11.7. The van der Waals surface area contributed by atoms with Crippen LogP contribution in [-0.2, 0) is 30.9 Å². The van der Waals surface area contributed by atoms with Crippen LogP contribution in [0.25, 0.3) is 0 Å². The Morgan fingerprint density at radius 1 is 1.38 bits per heavy atom. The Morgan fingerprint density at radius 3 is 3.07 bits per heavy atom. The summed E-state index contributed by atoms with van der Waals surface area (Å²) in [5, 5.41) is 11.4. The van der Waals surface area contributed by atoms with Gasteiger partial charge in [-0.05, 0) is 32.3 Å². The molecule has 1 aliphatic rings. The highest BCUT2D eigenvalue weighted by Gasteiger charge is 2.22. The van der Waals surface area contributed by atoms with E-state index < -0.39 is 0 Å². The van der Waals surface area contributed by atoms with E-state index in [4.69, 9.17) is 9.73 Å². The maximum Gasteiger partial charge on any atom is 0.250 e. The molecule has 0 amide bonds. The van der Waals surface area contributed by atoms with Crippen molar-refractivity contribution in [2.24, 2.45) is 4.99 Å². The number of aliphatic imine (C=N–C) groups is 1. The van der Waals surface area contributed by atoms with Crippen LogP contribution in [0.3, 0.4) is 0 Å². The molecule has 0 aromatic carbocycles. The number of hydrogen-bond acceptors (Lipinski definition) is 5. The molecule has 0 spiro atoms. The molecule has 0 bridgehead atoms. The lowest BCUT2D eigenvalue weighted by atomic mass is 10.1. The quantitative estimate of drug-likeness (QED) is 0.369. The number of aromatic nitrogens is 4. The highest BCUT2D eigenvalue weighted by atomic mass is 16.5. The zero-order valence-corrected chi connectivity index (χ0v) is 17.3. The zero-order valence-electron chi connectivity index (χ0n) is 17.3. The first-order chi connectivity index (χ1) is 14.2. The lowest BCUT2D eigenvalue weighted by Gasteiger charge is -2.25. The van der Waals surface area contributed by atoms with Crippen molar-refractivity contribution < 1.29 is 4.74 Å². The van der Waals surface area contributed by atoms with Crippen LogP contribution in [0.5, 0.6) is 0 Å². The Labute approximate surface area is 171 Å². The minimum atomic E-state index is 0.0458. The minimum Gasteiger partial charge on any atom is -0.377 e. The van der Waals surface area contributed by atoms with Crippen LogP contribution in [0.15, 0.2) is 34.2 Å². The molecule has 0 saturated heterocycles. The Kier molecular flexibility index (Phi) is 7.80. The second-order valence-corrected chi connectivity index (χ2v) is 7.14. The summed E-state index contributed by atoms with van der Waals surface area (Å²) >= 11 is 0. The molecule has 2 aromatic heterocycles. The lowest BCUT2D eigenvalue weighted by molar-refractivity contribution is 0.177. The molecule has 0 aliphatic carbocycles. The number of guanidine groups is 1. The highest BCUT2D eigenvalue weighted by molar-refractivity contribution is 5.80. The summed E-state index contributed by atoms with van der Waals surface area (Å²) in [5.74, 6) is 2.59. The largest absolute Gasteiger partial charge is 0.377 e. The summed E-state index contributed by atoms with van der Waals surface area (Å²) in [6.45, 7) is 5.53. The van der Waals surface area contributed by atoms with Gasteiger partial charge in [0, 0.05) is 51.5 Å². The van der Waals surface area contributed by atoms with E-state index in [2.05, 4.69) is 27.6 Å². The first-order valence-corrected chi connectivity index (χ1v) is 10.3. The molecule has 0 radical (unpaired) electrons. The molecule has 1 unspecified atom stereocenters. The van der Waals surface area contributed by atoms with Gasteiger partial charge in [-0.2, -0.15) is 5.10 Å². The predicted octanol–water partition coefficient (Wildman–Crippen LogP) is 0.937. The topological polar surface area (TPSA) is 98.4 Å². The van der Waals surface area contributed by atoms with Crippen LogP contribution < -0.4 is 16.2 Å². The zero-order chi connectivity index (χ0) is 20.5. The Bertz CT molecular complexity index is 859. The monoisotopic (exact) mass is 401 g/mol. The molecule has 9 nitrogen and oxygen atoms in total. The Balaban J connectivity index is 1.47. The first kappa shape index (κ1) is 21.0. The molecular formula is C20H31N7O2. The molecule has 158 valence electrons. The maximum absolute atomic E-state index is 11.7. The second kappa shape index (κ2) is 10.8. The summed E-state index contributed by atoms with van der Waals surface area (Å²) in [6, 6.07) is 5.51. The fourth-order valence-corrected chi connectivity index (χ4v) is 3.41. The van der Waals surface area contributed by atoms with Gasteiger partial charge in [-0.3, -0.25) is 9.79 Å². The summed E-state index contributed by atoms with van der Waals surface area (Å²) in [4.78, 5) is 20.9. The first-order valence-electron chi connectivity index (χ1n) is 10.3. The number of pyridine rings is 1. The number of nitrogens with zero attached hydrogens (tertiary/aromatic N) is 5. The average molecular weight is 402 g/mol. The number of unbranched alkanes of at least 4 members (excludes halogenated alkanes) is 1. The van der Waals surface area contributed by atoms with Gasteiger partial charge in [-0.1, -0.05) is 6.07 Å². The molecule has 1 aliphatic heterocycles. The van der Waals surface area contributed by atoms with Crippen LogP contribution >= 0.6 is 0 Å². The van der Waals surface area contributed by atoms with Crippen molar-refractivity contribution in [2.45, 2.75) is 58.3 Å². The van der Waals surface area contributed by atoms with Crippen molar-refractivity contribution in [2.75, 3.05) is 20.2 Å².